The highest BCUT2D eigenvalue weighted by molar-refractivity contribution is 6.30. The van der Waals surface area contributed by atoms with E-state index in [1.807, 2.05) is 24.3 Å². The van der Waals surface area contributed by atoms with Crippen molar-refractivity contribution in [2.24, 2.45) is 0 Å². The minimum absolute atomic E-state index is 0.171. The first-order valence-electron chi connectivity index (χ1n) is 8.60. The van der Waals surface area contributed by atoms with Gasteiger partial charge in [0.1, 0.15) is 5.82 Å². The summed E-state index contributed by atoms with van der Waals surface area (Å²) in [5, 5.41) is 11.6. The molecule has 0 bridgehead atoms. The van der Waals surface area contributed by atoms with Gasteiger partial charge in [-0.2, -0.15) is 10.1 Å². The van der Waals surface area contributed by atoms with Crippen LogP contribution in [0.2, 0.25) is 5.02 Å². The number of aryl methyl sites for hydroxylation is 1. The molecule has 1 aromatic carbocycles. The second kappa shape index (κ2) is 8.10. The van der Waals surface area contributed by atoms with E-state index in [1.165, 1.54) is 6.26 Å². The van der Waals surface area contributed by atoms with E-state index in [1.54, 1.807) is 29.1 Å². The predicted octanol–water partition coefficient (Wildman–Crippen LogP) is 3.80. The van der Waals surface area contributed by atoms with Gasteiger partial charge >= 0.3 is 0 Å². The SMILES string of the molecule is O=C(CCc1nc(-c2ccco2)no1)Nc1ccnn1Cc1ccc(Cl)cc1. The van der Waals surface area contributed by atoms with E-state index in [0.29, 0.717) is 41.3 Å². The Bertz CT molecular complexity index is 1050. The van der Waals surface area contributed by atoms with Gasteiger partial charge < -0.3 is 14.3 Å². The molecule has 0 saturated heterocycles. The highest BCUT2D eigenvalue weighted by Crippen LogP contribution is 2.17. The van der Waals surface area contributed by atoms with Gasteiger partial charge in [-0.15, -0.1) is 0 Å². The number of hydrogen-bond donors (Lipinski definition) is 1. The van der Waals surface area contributed by atoms with Gasteiger partial charge in [-0.25, -0.2) is 4.68 Å². The smallest absolute Gasteiger partial charge is 0.238 e. The average Bonchev–Trinajstić information content (AvgIpc) is 3.44. The zero-order chi connectivity index (χ0) is 19.3. The van der Waals surface area contributed by atoms with Crippen LogP contribution in [-0.2, 0) is 17.8 Å². The number of rotatable bonds is 7. The van der Waals surface area contributed by atoms with Crippen molar-refractivity contribution in [2.45, 2.75) is 19.4 Å². The highest BCUT2D eigenvalue weighted by atomic mass is 35.5. The maximum absolute atomic E-state index is 12.3. The number of furan rings is 1. The minimum Gasteiger partial charge on any atom is -0.461 e. The molecule has 9 heteroatoms. The third kappa shape index (κ3) is 4.29. The molecular weight excluding hydrogens is 382 g/mol. The van der Waals surface area contributed by atoms with Gasteiger partial charge in [-0.3, -0.25) is 4.79 Å². The fraction of sp³-hybridized carbons (Fsp3) is 0.158. The molecule has 0 atom stereocenters. The van der Waals surface area contributed by atoms with Gasteiger partial charge in [0.25, 0.3) is 0 Å². The van der Waals surface area contributed by atoms with Crippen molar-refractivity contribution in [1.82, 2.24) is 19.9 Å². The third-order valence-electron chi connectivity index (χ3n) is 4.01. The number of aromatic nitrogens is 4. The lowest BCUT2D eigenvalue weighted by atomic mass is 10.2. The molecule has 142 valence electrons. The standard InChI is InChI=1S/C19H16ClN5O3/c20-14-5-3-13(4-6-14)12-25-16(9-10-21-25)22-17(26)7-8-18-23-19(24-28-18)15-2-1-11-27-15/h1-6,9-11H,7-8,12H2,(H,22,26). The van der Waals surface area contributed by atoms with Gasteiger partial charge in [0.15, 0.2) is 5.76 Å². The Morgan fingerprint density at radius 2 is 2.04 bits per heavy atom. The molecular formula is C19H16ClN5O3. The van der Waals surface area contributed by atoms with Crippen LogP contribution in [0.1, 0.15) is 17.9 Å². The summed E-state index contributed by atoms with van der Waals surface area (Å²) >= 11 is 5.91. The van der Waals surface area contributed by atoms with Crippen LogP contribution in [-0.4, -0.2) is 25.8 Å². The van der Waals surface area contributed by atoms with E-state index in [0.717, 1.165) is 5.56 Å². The molecule has 3 heterocycles. The summed E-state index contributed by atoms with van der Waals surface area (Å²) in [5.41, 5.74) is 1.03. The monoisotopic (exact) mass is 397 g/mol. The lowest BCUT2D eigenvalue weighted by Gasteiger charge is -2.09. The fourth-order valence-electron chi connectivity index (χ4n) is 2.62. The van der Waals surface area contributed by atoms with E-state index in [4.69, 9.17) is 20.5 Å². The minimum atomic E-state index is -0.171. The Morgan fingerprint density at radius 1 is 1.18 bits per heavy atom. The topological polar surface area (TPSA) is 99.0 Å². The van der Waals surface area contributed by atoms with Crippen LogP contribution < -0.4 is 5.32 Å². The number of hydrogen-bond acceptors (Lipinski definition) is 6. The summed E-state index contributed by atoms with van der Waals surface area (Å²) in [4.78, 5) is 16.5. The molecule has 4 aromatic rings. The van der Waals surface area contributed by atoms with Crippen molar-refractivity contribution in [3.05, 3.63) is 71.4 Å². The average molecular weight is 398 g/mol. The molecule has 1 N–H and O–H groups in total. The van der Waals surface area contributed by atoms with Crippen molar-refractivity contribution in [3.63, 3.8) is 0 Å². The van der Waals surface area contributed by atoms with E-state index < -0.39 is 0 Å². The summed E-state index contributed by atoms with van der Waals surface area (Å²) in [5.74, 6) is 1.69. The molecule has 0 aliphatic rings. The zero-order valence-corrected chi connectivity index (χ0v) is 15.5. The van der Waals surface area contributed by atoms with Gasteiger partial charge in [-0.1, -0.05) is 28.9 Å². The van der Waals surface area contributed by atoms with Crippen molar-refractivity contribution in [1.29, 1.82) is 0 Å². The van der Waals surface area contributed by atoms with E-state index in [9.17, 15) is 4.79 Å². The Balaban J connectivity index is 1.33. The Labute approximate surface area is 165 Å². The van der Waals surface area contributed by atoms with Gasteiger partial charge in [0.05, 0.1) is 19.0 Å². The molecule has 0 unspecified atom stereocenters. The van der Waals surface area contributed by atoms with Crippen LogP contribution in [0, 0.1) is 0 Å². The number of anilines is 1. The molecule has 28 heavy (non-hydrogen) atoms. The van der Waals surface area contributed by atoms with E-state index in [2.05, 4.69) is 20.6 Å². The van der Waals surface area contributed by atoms with E-state index >= 15 is 0 Å². The molecule has 0 aliphatic heterocycles. The first-order valence-corrected chi connectivity index (χ1v) is 8.98. The van der Waals surface area contributed by atoms with Gasteiger partial charge in [-0.05, 0) is 29.8 Å². The quantitative estimate of drug-likeness (QED) is 0.509. The molecule has 4 rings (SSSR count). The number of nitrogens with zero attached hydrogens (tertiary/aromatic N) is 4. The predicted molar refractivity (Wildman–Crippen MR) is 102 cm³/mol. The summed E-state index contributed by atoms with van der Waals surface area (Å²) in [6, 6.07) is 12.7. The molecule has 0 fully saturated rings. The molecule has 1 amide bonds. The molecule has 8 nitrogen and oxygen atoms in total. The molecule has 3 aromatic heterocycles. The first kappa shape index (κ1) is 18.0. The molecule has 0 radical (unpaired) electrons. The summed E-state index contributed by atoms with van der Waals surface area (Å²) in [6.07, 6.45) is 3.70. The normalized spacial score (nSPS) is 10.9. The van der Waals surface area contributed by atoms with Crippen LogP contribution in [0.5, 0.6) is 0 Å². The van der Waals surface area contributed by atoms with Crippen LogP contribution in [0.25, 0.3) is 11.6 Å². The van der Waals surface area contributed by atoms with Crippen molar-refractivity contribution >= 4 is 23.3 Å². The molecule has 0 aliphatic carbocycles. The Morgan fingerprint density at radius 3 is 2.82 bits per heavy atom. The van der Waals surface area contributed by atoms with Crippen LogP contribution in [0.15, 0.2) is 63.9 Å². The van der Waals surface area contributed by atoms with Gasteiger partial charge in [0.2, 0.25) is 17.6 Å². The largest absolute Gasteiger partial charge is 0.461 e. The summed E-state index contributed by atoms with van der Waals surface area (Å²) in [6.45, 7) is 0.524. The number of carbonyl (C=O) groups excluding carboxylic acids is 1. The number of halogens is 1. The maximum atomic E-state index is 12.3. The second-order valence-corrected chi connectivity index (χ2v) is 6.47. The van der Waals surface area contributed by atoms with Crippen LogP contribution in [0.3, 0.4) is 0 Å². The second-order valence-electron chi connectivity index (χ2n) is 6.04. The summed E-state index contributed by atoms with van der Waals surface area (Å²) in [7, 11) is 0. The van der Waals surface area contributed by atoms with Gasteiger partial charge in [0, 0.05) is 23.9 Å². The molecule has 0 saturated carbocycles. The molecule has 0 spiro atoms. The van der Waals surface area contributed by atoms with Crippen molar-refractivity contribution in [3.8, 4) is 11.6 Å². The van der Waals surface area contributed by atoms with Crippen LogP contribution >= 0.6 is 11.6 Å². The number of carbonyl (C=O) groups is 1. The van der Waals surface area contributed by atoms with Crippen LogP contribution in [0.4, 0.5) is 5.82 Å². The Kier molecular flexibility index (Phi) is 5.20. The zero-order valence-electron chi connectivity index (χ0n) is 14.7. The van der Waals surface area contributed by atoms with Crippen molar-refractivity contribution < 1.29 is 13.7 Å². The number of amides is 1. The van der Waals surface area contributed by atoms with E-state index in [-0.39, 0.29) is 12.3 Å². The number of nitrogens with one attached hydrogen (secondary N) is 1. The lowest BCUT2D eigenvalue weighted by molar-refractivity contribution is -0.116. The fourth-order valence-corrected chi connectivity index (χ4v) is 2.74. The number of benzene rings is 1. The first-order chi connectivity index (χ1) is 13.7. The summed E-state index contributed by atoms with van der Waals surface area (Å²) < 4.78 is 12.1. The maximum Gasteiger partial charge on any atom is 0.238 e. The highest BCUT2D eigenvalue weighted by Gasteiger charge is 2.13. The van der Waals surface area contributed by atoms with Crippen molar-refractivity contribution in [2.75, 3.05) is 5.32 Å². The lowest BCUT2D eigenvalue weighted by Crippen LogP contribution is -2.16. The Hall–Kier alpha value is -3.39. The third-order valence-corrected chi connectivity index (χ3v) is 4.26.